The van der Waals surface area contributed by atoms with Crippen molar-refractivity contribution in [2.24, 2.45) is 0 Å². The fourth-order valence-electron chi connectivity index (χ4n) is 2.27. The van der Waals surface area contributed by atoms with Gasteiger partial charge in [0.05, 0.1) is 16.9 Å². The molecular weight excluding hydrogens is 461 g/mol. The van der Waals surface area contributed by atoms with E-state index in [2.05, 4.69) is 20.8 Å². The molecule has 156 valence electrons. The maximum absolute atomic E-state index is 13.1. The molecule has 0 saturated heterocycles. The molecule has 0 bridgehead atoms. The zero-order valence-electron chi connectivity index (χ0n) is 14.9. The minimum atomic E-state index is -4.66. The average molecular weight is 473 g/mol. The molecule has 12 heteroatoms. The Morgan fingerprint density at radius 1 is 1.03 bits per heavy atom. The fraction of sp³-hybridized carbons (Fsp3) is 0.111. The highest BCUT2D eigenvalue weighted by molar-refractivity contribution is 8.01. The van der Waals surface area contributed by atoms with E-state index in [9.17, 15) is 22.8 Å². The lowest BCUT2D eigenvalue weighted by Crippen LogP contribution is -2.18. The number of carbonyl (C=O) groups is 2. The van der Waals surface area contributed by atoms with Gasteiger partial charge in [-0.25, -0.2) is 0 Å². The van der Waals surface area contributed by atoms with E-state index in [0.29, 0.717) is 15.0 Å². The molecule has 2 aromatic carbocycles. The number of halogens is 4. The number of benzene rings is 2. The zero-order valence-corrected chi connectivity index (χ0v) is 17.3. The van der Waals surface area contributed by atoms with Gasteiger partial charge in [-0.1, -0.05) is 46.8 Å². The van der Waals surface area contributed by atoms with Crippen LogP contribution in [0.1, 0.15) is 15.9 Å². The normalized spacial score (nSPS) is 11.2. The number of alkyl halides is 3. The van der Waals surface area contributed by atoms with Crippen molar-refractivity contribution >= 4 is 57.3 Å². The summed E-state index contributed by atoms with van der Waals surface area (Å²) in [7, 11) is 0. The topological polar surface area (TPSA) is 84.0 Å². The highest BCUT2D eigenvalue weighted by Gasteiger charge is 2.35. The van der Waals surface area contributed by atoms with Gasteiger partial charge < -0.3 is 5.32 Å². The van der Waals surface area contributed by atoms with Gasteiger partial charge in [-0.05, 0) is 36.4 Å². The van der Waals surface area contributed by atoms with E-state index in [4.69, 9.17) is 11.6 Å². The summed E-state index contributed by atoms with van der Waals surface area (Å²) in [6, 6.07) is 11.0. The minimum absolute atomic E-state index is 0.0255. The number of nitrogens with zero attached hydrogens (tertiary/aromatic N) is 2. The van der Waals surface area contributed by atoms with Crippen LogP contribution in [0.5, 0.6) is 0 Å². The first kappa shape index (κ1) is 22.1. The quantitative estimate of drug-likeness (QED) is 0.381. The molecule has 0 aliphatic carbocycles. The van der Waals surface area contributed by atoms with Crippen LogP contribution in [0.25, 0.3) is 0 Å². The van der Waals surface area contributed by atoms with Crippen molar-refractivity contribution in [3.05, 3.63) is 64.7 Å². The third-order valence-corrected chi connectivity index (χ3v) is 5.78. The van der Waals surface area contributed by atoms with Crippen LogP contribution in [-0.2, 0) is 11.0 Å². The van der Waals surface area contributed by atoms with E-state index in [1.165, 1.54) is 12.1 Å². The Hall–Kier alpha value is -2.63. The molecule has 0 unspecified atom stereocenters. The highest BCUT2D eigenvalue weighted by atomic mass is 35.5. The van der Waals surface area contributed by atoms with Gasteiger partial charge in [0.25, 0.3) is 5.91 Å². The summed E-state index contributed by atoms with van der Waals surface area (Å²) in [5.74, 6) is -1.21. The van der Waals surface area contributed by atoms with Crippen LogP contribution in [0, 0.1) is 0 Å². The number of aromatic nitrogens is 2. The summed E-state index contributed by atoms with van der Waals surface area (Å²) >= 11 is 7.81. The van der Waals surface area contributed by atoms with Crippen molar-refractivity contribution in [1.29, 1.82) is 0 Å². The van der Waals surface area contributed by atoms with Crippen molar-refractivity contribution in [3.8, 4) is 0 Å². The molecular formula is C18H12ClF3N4O2S2. The van der Waals surface area contributed by atoms with E-state index in [1.54, 1.807) is 24.3 Å². The third-order valence-electron chi connectivity index (χ3n) is 3.56. The molecule has 6 nitrogen and oxygen atoms in total. The summed E-state index contributed by atoms with van der Waals surface area (Å²) in [6.07, 6.45) is -4.66. The standard InChI is InChI=1S/C18H12ClF3N4O2S2/c19-10-5-7-11(8-6-10)23-14(27)9-29-17-26-25-16(30-17)24-15(28)12-3-1-2-4-13(12)18(20,21)22/h1-8H,9H2,(H,23,27)(H,24,25,28). The number of nitrogens with one attached hydrogen (secondary N) is 2. The predicted octanol–water partition coefficient (Wildman–Crippen LogP) is 5.19. The largest absolute Gasteiger partial charge is 0.417 e. The lowest BCUT2D eigenvalue weighted by atomic mass is 10.1. The lowest BCUT2D eigenvalue weighted by Gasteiger charge is -2.11. The van der Waals surface area contributed by atoms with E-state index in [-0.39, 0.29) is 16.8 Å². The number of carbonyl (C=O) groups excluding carboxylic acids is 2. The highest BCUT2D eigenvalue weighted by Crippen LogP contribution is 2.32. The Balaban J connectivity index is 1.57. The van der Waals surface area contributed by atoms with Crippen LogP contribution in [0.4, 0.5) is 24.0 Å². The van der Waals surface area contributed by atoms with E-state index >= 15 is 0 Å². The molecule has 1 heterocycles. The van der Waals surface area contributed by atoms with Gasteiger partial charge >= 0.3 is 6.18 Å². The second-order valence-electron chi connectivity index (χ2n) is 5.71. The molecule has 3 rings (SSSR count). The number of thioether (sulfide) groups is 1. The second kappa shape index (κ2) is 9.45. The Kier molecular flexibility index (Phi) is 6.95. The predicted molar refractivity (Wildman–Crippen MR) is 110 cm³/mol. The van der Waals surface area contributed by atoms with Crippen molar-refractivity contribution in [3.63, 3.8) is 0 Å². The minimum Gasteiger partial charge on any atom is -0.325 e. The second-order valence-corrected chi connectivity index (χ2v) is 8.35. The van der Waals surface area contributed by atoms with Gasteiger partial charge in [0, 0.05) is 10.7 Å². The van der Waals surface area contributed by atoms with Crippen LogP contribution in [-0.4, -0.2) is 27.8 Å². The molecule has 0 atom stereocenters. The molecule has 0 aliphatic rings. The van der Waals surface area contributed by atoms with Gasteiger partial charge in [0.2, 0.25) is 11.0 Å². The van der Waals surface area contributed by atoms with Crippen LogP contribution >= 0.6 is 34.7 Å². The Morgan fingerprint density at radius 3 is 2.43 bits per heavy atom. The molecule has 1 aromatic heterocycles. The molecule has 3 aromatic rings. The Labute approximate surface area is 181 Å². The molecule has 2 N–H and O–H groups in total. The Bertz CT molecular complexity index is 1060. The molecule has 0 spiro atoms. The summed E-state index contributed by atoms with van der Waals surface area (Å²) in [5, 5.41) is 13.1. The number of hydrogen-bond donors (Lipinski definition) is 2. The third kappa shape index (κ3) is 5.94. The SMILES string of the molecule is O=C(CSc1nnc(NC(=O)c2ccccc2C(F)(F)F)s1)Nc1ccc(Cl)cc1. The number of hydrogen-bond acceptors (Lipinski definition) is 6. The van der Waals surface area contributed by atoms with Gasteiger partial charge in [-0.3, -0.25) is 14.9 Å². The van der Waals surface area contributed by atoms with E-state index in [1.807, 2.05) is 0 Å². The molecule has 2 amide bonds. The van der Waals surface area contributed by atoms with Gasteiger partial charge in [-0.2, -0.15) is 13.2 Å². The van der Waals surface area contributed by atoms with Crippen molar-refractivity contribution < 1.29 is 22.8 Å². The first-order valence-electron chi connectivity index (χ1n) is 8.21. The summed E-state index contributed by atoms with van der Waals surface area (Å²) < 4.78 is 39.5. The maximum atomic E-state index is 13.1. The molecule has 0 fully saturated rings. The van der Waals surface area contributed by atoms with Crippen molar-refractivity contribution in [2.75, 3.05) is 16.4 Å². The average Bonchev–Trinajstić information content (AvgIpc) is 3.15. The zero-order chi connectivity index (χ0) is 21.7. The van der Waals surface area contributed by atoms with Crippen molar-refractivity contribution in [1.82, 2.24) is 10.2 Å². The lowest BCUT2D eigenvalue weighted by molar-refractivity contribution is -0.137. The van der Waals surface area contributed by atoms with Crippen LogP contribution < -0.4 is 10.6 Å². The summed E-state index contributed by atoms with van der Waals surface area (Å²) in [4.78, 5) is 24.2. The van der Waals surface area contributed by atoms with Crippen molar-refractivity contribution in [2.45, 2.75) is 10.5 Å². The first-order valence-corrected chi connectivity index (χ1v) is 10.4. The number of amides is 2. The van der Waals surface area contributed by atoms with Gasteiger partial charge in [0.1, 0.15) is 0 Å². The maximum Gasteiger partial charge on any atom is 0.417 e. The monoisotopic (exact) mass is 472 g/mol. The fourth-order valence-corrected chi connectivity index (χ4v) is 3.94. The van der Waals surface area contributed by atoms with E-state index < -0.39 is 23.2 Å². The summed E-state index contributed by atoms with van der Waals surface area (Å²) in [5.41, 5.74) is -0.976. The Morgan fingerprint density at radius 2 is 1.73 bits per heavy atom. The number of rotatable bonds is 6. The summed E-state index contributed by atoms with van der Waals surface area (Å²) in [6.45, 7) is 0. The number of anilines is 2. The van der Waals surface area contributed by atoms with Crippen LogP contribution in [0.3, 0.4) is 0 Å². The molecule has 0 radical (unpaired) electrons. The van der Waals surface area contributed by atoms with Gasteiger partial charge in [-0.15, -0.1) is 10.2 Å². The molecule has 30 heavy (non-hydrogen) atoms. The van der Waals surface area contributed by atoms with Gasteiger partial charge in [0.15, 0.2) is 4.34 Å². The molecule has 0 aliphatic heterocycles. The first-order chi connectivity index (χ1) is 14.2. The van der Waals surface area contributed by atoms with Crippen LogP contribution in [0.2, 0.25) is 5.02 Å². The van der Waals surface area contributed by atoms with E-state index in [0.717, 1.165) is 35.2 Å². The smallest absolute Gasteiger partial charge is 0.325 e. The van der Waals surface area contributed by atoms with Crippen LogP contribution in [0.15, 0.2) is 52.9 Å². The molecule has 0 saturated carbocycles.